The number of aryl methyl sites for hydroxylation is 1. The summed E-state index contributed by atoms with van der Waals surface area (Å²) in [5.74, 6) is -0.636. The highest BCUT2D eigenvalue weighted by atomic mass is 32.2. The molecule has 3 aromatic carbocycles. The first-order chi connectivity index (χ1) is 22.0. The molecule has 0 aliphatic carbocycles. The molecule has 0 radical (unpaired) electrons. The predicted molar refractivity (Wildman–Crippen MR) is 173 cm³/mol. The van der Waals surface area contributed by atoms with Crippen molar-refractivity contribution in [1.82, 2.24) is 14.3 Å². The van der Waals surface area contributed by atoms with Gasteiger partial charge in [-0.3, -0.25) is 4.79 Å². The number of nitrogens with one attached hydrogen (secondary N) is 2. The quantitative estimate of drug-likeness (QED) is 0.172. The lowest BCUT2D eigenvalue weighted by atomic mass is 10.1. The van der Waals surface area contributed by atoms with Gasteiger partial charge in [0.1, 0.15) is 6.04 Å². The number of amides is 1. The Morgan fingerprint density at radius 3 is 2.02 bits per heavy atom. The summed E-state index contributed by atoms with van der Waals surface area (Å²) >= 11 is 0. The predicted octanol–water partition coefficient (Wildman–Crippen LogP) is 4.90. The summed E-state index contributed by atoms with van der Waals surface area (Å²) in [6.07, 6.45) is -3.47. The van der Waals surface area contributed by atoms with Crippen molar-refractivity contribution in [3.8, 4) is 0 Å². The lowest BCUT2D eigenvalue weighted by Crippen LogP contribution is -2.48. The Labute approximate surface area is 275 Å². The van der Waals surface area contributed by atoms with Gasteiger partial charge < -0.3 is 10.4 Å². The van der Waals surface area contributed by atoms with E-state index in [0.29, 0.717) is 37.0 Å². The molecule has 9 nitrogen and oxygen atoms in total. The second-order valence-electron chi connectivity index (χ2n) is 11.8. The fraction of sp³-hybridized carbons (Fsp3) is 0.424. The van der Waals surface area contributed by atoms with Crippen molar-refractivity contribution in [2.45, 2.75) is 74.5 Å². The molecule has 0 aliphatic heterocycles. The number of aliphatic hydroxyl groups excluding tert-OH is 1. The Kier molecular flexibility index (Phi) is 13.5. The lowest BCUT2D eigenvalue weighted by molar-refractivity contribution is -0.137. The molecule has 0 aliphatic rings. The molecule has 3 aromatic rings. The summed E-state index contributed by atoms with van der Waals surface area (Å²) in [4.78, 5) is 12.9. The molecular weight excluding hydrogens is 656 g/mol. The van der Waals surface area contributed by atoms with Gasteiger partial charge in [0.05, 0.1) is 22.0 Å². The summed E-state index contributed by atoms with van der Waals surface area (Å²) in [6.45, 7) is 5.58. The third-order valence-electron chi connectivity index (χ3n) is 7.44. The van der Waals surface area contributed by atoms with E-state index in [0.717, 1.165) is 17.7 Å². The van der Waals surface area contributed by atoms with Crippen molar-refractivity contribution in [2.75, 3.05) is 19.7 Å². The summed E-state index contributed by atoms with van der Waals surface area (Å²) in [7, 11) is -8.25. The van der Waals surface area contributed by atoms with Gasteiger partial charge in [-0.15, -0.1) is 0 Å². The van der Waals surface area contributed by atoms with Gasteiger partial charge in [0.2, 0.25) is 26.0 Å². The van der Waals surface area contributed by atoms with Gasteiger partial charge in [0.25, 0.3) is 0 Å². The smallest absolute Gasteiger partial charge is 0.395 e. The molecule has 0 heterocycles. The molecule has 0 saturated heterocycles. The number of rotatable bonds is 17. The van der Waals surface area contributed by atoms with Gasteiger partial charge in [0.15, 0.2) is 0 Å². The van der Waals surface area contributed by atoms with E-state index in [9.17, 15) is 39.9 Å². The van der Waals surface area contributed by atoms with Crippen LogP contribution in [0.15, 0.2) is 88.7 Å². The van der Waals surface area contributed by atoms with E-state index in [1.165, 1.54) is 4.31 Å². The van der Waals surface area contributed by atoms with E-state index in [1.807, 2.05) is 20.8 Å². The number of carbonyl (C=O) groups excluding carboxylic acids is 1. The Hall–Kier alpha value is -3.30. The van der Waals surface area contributed by atoms with E-state index in [-0.39, 0.29) is 30.3 Å². The molecule has 3 rings (SSSR count). The third-order valence-corrected chi connectivity index (χ3v) is 10.9. The molecule has 14 heteroatoms. The van der Waals surface area contributed by atoms with E-state index in [4.69, 9.17) is 0 Å². The van der Waals surface area contributed by atoms with E-state index >= 15 is 0 Å². The van der Waals surface area contributed by atoms with Crippen LogP contribution in [-0.2, 0) is 37.4 Å². The van der Waals surface area contributed by atoms with Crippen LogP contribution in [0.5, 0.6) is 0 Å². The van der Waals surface area contributed by atoms with Crippen LogP contribution in [0.25, 0.3) is 0 Å². The van der Waals surface area contributed by atoms with Crippen molar-refractivity contribution in [1.29, 1.82) is 0 Å². The number of alkyl halides is 3. The third kappa shape index (κ3) is 11.1. The number of aliphatic hydroxyl groups is 1. The Morgan fingerprint density at radius 2 is 1.47 bits per heavy atom. The van der Waals surface area contributed by atoms with Crippen LogP contribution in [0.4, 0.5) is 13.2 Å². The van der Waals surface area contributed by atoms with Crippen molar-refractivity contribution < 1.29 is 39.9 Å². The minimum Gasteiger partial charge on any atom is -0.395 e. The van der Waals surface area contributed by atoms with Crippen molar-refractivity contribution in [3.63, 3.8) is 0 Å². The van der Waals surface area contributed by atoms with E-state index in [1.54, 1.807) is 54.6 Å². The van der Waals surface area contributed by atoms with Crippen LogP contribution >= 0.6 is 0 Å². The Bertz CT molecular complexity index is 1650. The topological polar surface area (TPSA) is 133 Å². The number of carbonyl (C=O) groups is 1. The van der Waals surface area contributed by atoms with Crippen LogP contribution in [0.3, 0.4) is 0 Å². The lowest BCUT2D eigenvalue weighted by Gasteiger charge is -2.31. The number of halogens is 3. The maximum atomic E-state index is 13.5. The molecule has 0 saturated carbocycles. The normalized spacial score (nSPS) is 13.9. The molecule has 2 atom stereocenters. The van der Waals surface area contributed by atoms with Gasteiger partial charge in [-0.25, -0.2) is 16.8 Å². The van der Waals surface area contributed by atoms with Crippen LogP contribution in [0.1, 0.15) is 49.8 Å². The van der Waals surface area contributed by atoms with Gasteiger partial charge >= 0.3 is 6.18 Å². The molecule has 3 N–H and O–H groups in total. The molecule has 0 unspecified atom stereocenters. The summed E-state index contributed by atoms with van der Waals surface area (Å²) in [5, 5.41) is 12.9. The fourth-order valence-electron chi connectivity index (χ4n) is 4.93. The number of benzene rings is 3. The zero-order valence-electron chi connectivity index (χ0n) is 26.6. The van der Waals surface area contributed by atoms with Crippen molar-refractivity contribution >= 4 is 26.0 Å². The minimum absolute atomic E-state index is 0.00327. The van der Waals surface area contributed by atoms with Gasteiger partial charge in [0, 0.05) is 19.1 Å². The summed E-state index contributed by atoms with van der Waals surface area (Å²) < 4.78 is 95.8. The molecule has 258 valence electrons. The molecule has 1 amide bonds. The number of hydrogen-bond acceptors (Lipinski definition) is 6. The first kappa shape index (κ1) is 38.2. The number of unbranched alkanes of at least 4 members (excludes halogenated alkanes) is 1. The van der Waals surface area contributed by atoms with Crippen LogP contribution in [0.2, 0.25) is 0 Å². The molecule has 0 spiro atoms. The monoisotopic (exact) mass is 697 g/mol. The zero-order chi connectivity index (χ0) is 34.8. The Morgan fingerprint density at radius 1 is 0.872 bits per heavy atom. The average molecular weight is 698 g/mol. The van der Waals surface area contributed by atoms with Gasteiger partial charge in [-0.1, -0.05) is 68.3 Å². The molecule has 0 fully saturated rings. The zero-order valence-corrected chi connectivity index (χ0v) is 28.2. The Balaban J connectivity index is 1.66. The first-order valence-electron chi connectivity index (χ1n) is 15.2. The van der Waals surface area contributed by atoms with Gasteiger partial charge in [-0.2, -0.15) is 22.2 Å². The number of sulfonamides is 2. The van der Waals surface area contributed by atoms with Crippen LogP contribution < -0.4 is 10.0 Å². The highest BCUT2D eigenvalue weighted by molar-refractivity contribution is 7.89. The molecule has 47 heavy (non-hydrogen) atoms. The second-order valence-corrected chi connectivity index (χ2v) is 15.4. The minimum atomic E-state index is -4.63. The summed E-state index contributed by atoms with van der Waals surface area (Å²) in [5.41, 5.74) is 0.575. The molecular formula is C33H42F3N3O6S2. The second kappa shape index (κ2) is 16.7. The fourth-order valence-corrected chi connectivity index (χ4v) is 7.94. The number of hydrogen-bond donors (Lipinski definition) is 3. The van der Waals surface area contributed by atoms with Gasteiger partial charge in [-0.05, 0) is 74.1 Å². The SMILES string of the molecule is Cc1ccc(S(=O)(=O)N(CC(C)C)[C@H](CO)CCCCNC(=O)[C@H](Cc2ccccc2)NS(=O)(=O)c2ccc(C(F)(F)F)cc2)cc1. The van der Waals surface area contributed by atoms with Crippen LogP contribution in [0, 0.1) is 12.8 Å². The van der Waals surface area contributed by atoms with E-state index < -0.39 is 61.3 Å². The maximum Gasteiger partial charge on any atom is 0.416 e. The molecule has 0 aromatic heterocycles. The molecule has 0 bridgehead atoms. The largest absolute Gasteiger partial charge is 0.416 e. The van der Waals surface area contributed by atoms with Crippen molar-refractivity contribution in [2.24, 2.45) is 5.92 Å². The maximum absolute atomic E-state index is 13.5. The summed E-state index contributed by atoms with van der Waals surface area (Å²) in [6, 6.07) is 16.2. The van der Waals surface area contributed by atoms with Crippen molar-refractivity contribution in [3.05, 3.63) is 95.6 Å². The highest BCUT2D eigenvalue weighted by Gasteiger charge is 2.33. The first-order valence-corrected chi connectivity index (χ1v) is 18.2. The highest BCUT2D eigenvalue weighted by Crippen LogP contribution is 2.30. The number of nitrogens with zero attached hydrogens (tertiary/aromatic N) is 1. The standard InChI is InChI=1S/C33H42F3N3O6S2/c1-24(2)22-39(47(44,45)30-16-12-25(3)13-17-30)28(23-40)11-7-8-20-37-32(41)31(21-26-9-5-4-6-10-26)38-46(42,43)29-18-14-27(15-19-29)33(34,35)36/h4-6,9-10,12-19,24,28,31,38,40H,7-8,11,20-23H2,1-3H3,(H,37,41)/t28-,31-/m0/s1. The van der Waals surface area contributed by atoms with E-state index in [2.05, 4.69) is 10.0 Å². The average Bonchev–Trinajstić information content (AvgIpc) is 3.01. The van der Waals surface area contributed by atoms with Crippen LogP contribution in [-0.4, -0.2) is 63.9 Å².